The van der Waals surface area contributed by atoms with Gasteiger partial charge in [-0.3, -0.25) is 9.59 Å². The van der Waals surface area contributed by atoms with Crippen LogP contribution in [0.2, 0.25) is 0 Å². The lowest BCUT2D eigenvalue weighted by atomic mass is 10.1. The van der Waals surface area contributed by atoms with Gasteiger partial charge in [-0.1, -0.05) is 25.1 Å². The van der Waals surface area contributed by atoms with Crippen LogP contribution in [0.4, 0.5) is 0 Å². The molecule has 0 spiro atoms. The van der Waals surface area contributed by atoms with E-state index in [2.05, 4.69) is 5.32 Å². The maximum absolute atomic E-state index is 13.4. The fourth-order valence-corrected chi connectivity index (χ4v) is 4.98. The zero-order chi connectivity index (χ0) is 19.7. The van der Waals surface area contributed by atoms with E-state index in [4.69, 9.17) is 5.10 Å². The lowest BCUT2D eigenvalue weighted by Gasteiger charge is -2.24. The smallest absolute Gasteiger partial charge is 0.276 e. The normalized spacial score (nSPS) is 19.5. The zero-order valence-electron chi connectivity index (χ0n) is 16.4. The van der Waals surface area contributed by atoms with Gasteiger partial charge < -0.3 is 10.2 Å². The lowest BCUT2D eigenvalue weighted by Crippen LogP contribution is -2.49. The van der Waals surface area contributed by atoms with Gasteiger partial charge in [0.15, 0.2) is 5.69 Å². The van der Waals surface area contributed by atoms with E-state index >= 15 is 0 Å². The number of thioether (sulfide) groups is 1. The molecule has 0 bridgehead atoms. The number of nitrogens with zero attached hydrogens (tertiary/aromatic N) is 3. The van der Waals surface area contributed by atoms with Crippen LogP contribution >= 0.6 is 11.8 Å². The van der Waals surface area contributed by atoms with Crippen LogP contribution in [0.3, 0.4) is 0 Å². The summed E-state index contributed by atoms with van der Waals surface area (Å²) in [7, 11) is 0. The van der Waals surface area contributed by atoms with E-state index in [0.29, 0.717) is 17.3 Å². The van der Waals surface area contributed by atoms with E-state index < -0.39 is 6.04 Å². The predicted molar refractivity (Wildman–Crippen MR) is 111 cm³/mol. The van der Waals surface area contributed by atoms with Gasteiger partial charge in [-0.25, -0.2) is 4.68 Å². The highest BCUT2D eigenvalue weighted by Gasteiger charge is 2.38. The number of carbonyl (C=O) groups excluding carboxylic acids is 2. The lowest BCUT2D eigenvalue weighted by molar-refractivity contribution is -0.125. The molecule has 1 aromatic heterocycles. The van der Waals surface area contributed by atoms with Gasteiger partial charge >= 0.3 is 0 Å². The van der Waals surface area contributed by atoms with E-state index in [-0.39, 0.29) is 17.9 Å². The van der Waals surface area contributed by atoms with Crippen LogP contribution in [0.25, 0.3) is 5.69 Å². The highest BCUT2D eigenvalue weighted by molar-refractivity contribution is 7.99. The van der Waals surface area contributed by atoms with Gasteiger partial charge in [0.1, 0.15) is 6.04 Å². The zero-order valence-corrected chi connectivity index (χ0v) is 17.2. The molecule has 2 heterocycles. The highest BCUT2D eigenvalue weighted by Crippen LogP contribution is 2.31. The van der Waals surface area contributed by atoms with Crippen LogP contribution in [0, 0.1) is 0 Å². The van der Waals surface area contributed by atoms with Crippen molar-refractivity contribution in [3.63, 3.8) is 0 Å². The number of hydrogen-bond acceptors (Lipinski definition) is 4. The van der Waals surface area contributed by atoms with E-state index in [1.165, 1.54) is 0 Å². The summed E-state index contributed by atoms with van der Waals surface area (Å²) in [5.41, 5.74) is 3.66. The maximum atomic E-state index is 13.4. The van der Waals surface area contributed by atoms with E-state index in [0.717, 1.165) is 42.6 Å². The summed E-state index contributed by atoms with van der Waals surface area (Å²) in [6.07, 6.45) is 3.70. The van der Waals surface area contributed by atoms with Crippen LogP contribution in [0.1, 0.15) is 48.4 Å². The monoisotopic (exact) mass is 398 g/mol. The third kappa shape index (κ3) is 3.43. The van der Waals surface area contributed by atoms with Gasteiger partial charge in [0.25, 0.3) is 5.91 Å². The first kappa shape index (κ1) is 19.1. The van der Waals surface area contributed by atoms with Gasteiger partial charge in [0.05, 0.1) is 11.6 Å². The van der Waals surface area contributed by atoms with Gasteiger partial charge in [-0.05, 0) is 44.7 Å². The Morgan fingerprint density at radius 2 is 2.07 bits per heavy atom. The molecular weight excluding hydrogens is 372 g/mol. The van der Waals surface area contributed by atoms with Gasteiger partial charge in [-0.15, -0.1) is 11.8 Å². The Hall–Kier alpha value is -2.28. The van der Waals surface area contributed by atoms with Crippen LogP contribution < -0.4 is 5.32 Å². The Morgan fingerprint density at radius 1 is 1.29 bits per heavy atom. The minimum atomic E-state index is -0.426. The summed E-state index contributed by atoms with van der Waals surface area (Å²) < 4.78 is 1.91. The Kier molecular flexibility index (Phi) is 5.44. The molecule has 1 aliphatic carbocycles. The van der Waals surface area contributed by atoms with Gasteiger partial charge in [-0.2, -0.15) is 5.10 Å². The number of nitrogens with one attached hydrogen (secondary N) is 1. The van der Waals surface area contributed by atoms with Crippen LogP contribution in [0.5, 0.6) is 0 Å². The minimum Gasteiger partial charge on any atom is -0.352 e. The van der Waals surface area contributed by atoms with Crippen molar-refractivity contribution in [1.82, 2.24) is 20.0 Å². The van der Waals surface area contributed by atoms with Crippen molar-refractivity contribution in [2.24, 2.45) is 0 Å². The molecule has 28 heavy (non-hydrogen) atoms. The second kappa shape index (κ2) is 7.99. The van der Waals surface area contributed by atoms with Crippen molar-refractivity contribution >= 4 is 23.6 Å². The average Bonchev–Trinajstić information content (AvgIpc) is 3.44. The van der Waals surface area contributed by atoms with Gasteiger partial charge in [0.2, 0.25) is 5.91 Å². The van der Waals surface area contributed by atoms with Crippen LogP contribution in [0.15, 0.2) is 30.3 Å². The molecule has 4 rings (SSSR count). The molecule has 7 heteroatoms. The van der Waals surface area contributed by atoms with Crippen molar-refractivity contribution < 1.29 is 9.59 Å². The second-order valence-corrected chi connectivity index (χ2v) is 8.48. The minimum absolute atomic E-state index is 0.0631. The van der Waals surface area contributed by atoms with Gasteiger partial charge in [0, 0.05) is 23.1 Å². The molecule has 2 aromatic rings. The highest BCUT2D eigenvalue weighted by atomic mass is 32.2. The summed E-state index contributed by atoms with van der Waals surface area (Å²) in [6, 6.07) is 9.63. The maximum Gasteiger partial charge on any atom is 0.276 e. The summed E-state index contributed by atoms with van der Waals surface area (Å²) in [5, 5.41) is 7.72. The number of benzene rings is 1. The first-order chi connectivity index (χ1) is 13.6. The molecule has 1 aromatic carbocycles. The third-order valence-corrected chi connectivity index (χ3v) is 6.59. The third-order valence-electron chi connectivity index (χ3n) is 5.58. The first-order valence-electron chi connectivity index (χ1n) is 9.95. The molecule has 1 N–H and O–H groups in total. The number of rotatable bonds is 5. The molecule has 1 saturated heterocycles. The quantitative estimate of drug-likeness (QED) is 0.841. The first-order valence-corrected chi connectivity index (χ1v) is 11.1. The topological polar surface area (TPSA) is 67.2 Å². The van der Waals surface area contributed by atoms with Crippen molar-refractivity contribution in [1.29, 1.82) is 0 Å². The molecule has 1 fully saturated rings. The summed E-state index contributed by atoms with van der Waals surface area (Å²) >= 11 is 1.62. The fraction of sp³-hybridized carbons (Fsp3) is 0.476. The summed E-state index contributed by atoms with van der Waals surface area (Å²) in [6.45, 7) is 4.03. The van der Waals surface area contributed by atoms with Crippen LogP contribution in [-0.2, 0) is 17.6 Å². The number of amides is 2. The summed E-state index contributed by atoms with van der Waals surface area (Å²) in [4.78, 5) is 27.7. The molecule has 148 valence electrons. The molecule has 0 saturated carbocycles. The second-order valence-electron chi connectivity index (χ2n) is 7.48. The summed E-state index contributed by atoms with van der Waals surface area (Å²) in [5.74, 6) is 0.981. The fourth-order valence-electron chi connectivity index (χ4n) is 3.83. The van der Waals surface area contributed by atoms with Crippen LogP contribution in [-0.4, -0.2) is 50.2 Å². The number of carbonyl (C=O) groups is 2. The van der Waals surface area contributed by atoms with Crippen molar-refractivity contribution in [2.45, 2.75) is 51.6 Å². The predicted octanol–water partition coefficient (Wildman–Crippen LogP) is 2.79. The standard InChI is InChI=1S/C21H26N4O2S/c1-3-14(2)22-20(26)18-12-28-13-24(18)21(27)19-16-10-7-11-17(16)25(23-19)15-8-5-4-6-9-15/h4-6,8-9,14,18H,3,7,10-13H2,1-2H3,(H,22,26)/t14-,18+/m0/s1. The molecule has 0 radical (unpaired) electrons. The largest absolute Gasteiger partial charge is 0.352 e. The molecular formula is C21H26N4O2S. The number of fused-ring (bicyclic) bond motifs is 1. The number of hydrogen-bond donors (Lipinski definition) is 1. The molecule has 1 aliphatic heterocycles. The Balaban J connectivity index is 1.62. The molecule has 2 atom stereocenters. The SMILES string of the molecule is CC[C@H](C)NC(=O)[C@H]1CSCN1C(=O)c1nn(-c2ccccc2)c2c1CCC2. The average molecular weight is 399 g/mol. The Bertz CT molecular complexity index is 880. The molecule has 0 unspecified atom stereocenters. The Morgan fingerprint density at radius 3 is 2.82 bits per heavy atom. The molecule has 2 amide bonds. The Labute approximate surface area is 169 Å². The number of para-hydroxylation sites is 1. The molecule has 6 nitrogen and oxygen atoms in total. The van der Waals surface area contributed by atoms with Crippen molar-refractivity contribution in [3.05, 3.63) is 47.3 Å². The number of aromatic nitrogens is 2. The van der Waals surface area contributed by atoms with Crippen molar-refractivity contribution in [3.8, 4) is 5.69 Å². The van der Waals surface area contributed by atoms with E-state index in [9.17, 15) is 9.59 Å². The van der Waals surface area contributed by atoms with E-state index in [1.54, 1.807) is 16.7 Å². The van der Waals surface area contributed by atoms with Crippen molar-refractivity contribution in [2.75, 3.05) is 11.6 Å². The van der Waals surface area contributed by atoms with E-state index in [1.807, 2.05) is 48.9 Å². The molecule has 2 aliphatic rings.